The fraction of sp³-hybridized carbons (Fsp3) is 0.125. The van der Waals surface area contributed by atoms with Crippen LogP contribution in [-0.4, -0.2) is 24.4 Å². The van der Waals surface area contributed by atoms with Crippen molar-refractivity contribution in [2.24, 2.45) is 0 Å². The average Bonchev–Trinajstić information content (AvgIpc) is 3.41. The number of hydrogen-bond donors (Lipinski definition) is 1. The standard InChI is InChI=1S/C24H21FN6/c1-2-21(16-7-4-3-5-8-16)31-15-18(14-27-31)20-10-6-9-19(23(20)25)17-11-12-30-22(13-17)28-24(26)29-30/h3-15,21H,2H2,1H3,(H2,26,29)/t21-/m1/s1. The summed E-state index contributed by atoms with van der Waals surface area (Å²) in [6.07, 6.45) is 6.24. The lowest BCUT2D eigenvalue weighted by atomic mass is 10.00. The van der Waals surface area contributed by atoms with Crippen molar-refractivity contribution in [3.63, 3.8) is 0 Å². The van der Waals surface area contributed by atoms with E-state index < -0.39 is 0 Å². The van der Waals surface area contributed by atoms with Gasteiger partial charge in [0.05, 0.1) is 12.2 Å². The summed E-state index contributed by atoms with van der Waals surface area (Å²) in [4.78, 5) is 4.16. The van der Waals surface area contributed by atoms with Crippen LogP contribution in [0, 0.1) is 5.82 Å². The highest BCUT2D eigenvalue weighted by atomic mass is 19.1. The van der Waals surface area contributed by atoms with E-state index in [9.17, 15) is 0 Å². The molecule has 0 saturated heterocycles. The number of halogens is 1. The van der Waals surface area contributed by atoms with Crippen molar-refractivity contribution in [3.05, 3.63) is 90.6 Å². The molecule has 31 heavy (non-hydrogen) atoms. The maximum atomic E-state index is 15.6. The van der Waals surface area contributed by atoms with Gasteiger partial charge in [0.2, 0.25) is 5.95 Å². The highest BCUT2D eigenvalue weighted by molar-refractivity contribution is 5.75. The molecule has 0 aliphatic rings. The number of anilines is 1. The van der Waals surface area contributed by atoms with E-state index in [0.717, 1.165) is 12.0 Å². The minimum Gasteiger partial charge on any atom is -0.366 e. The first-order valence-electron chi connectivity index (χ1n) is 10.1. The molecule has 1 atom stereocenters. The summed E-state index contributed by atoms with van der Waals surface area (Å²) in [6, 6.07) is 19.3. The second-order valence-electron chi connectivity index (χ2n) is 7.40. The molecule has 5 aromatic rings. The second kappa shape index (κ2) is 7.68. The highest BCUT2D eigenvalue weighted by Crippen LogP contribution is 2.32. The quantitative estimate of drug-likeness (QED) is 0.442. The Balaban J connectivity index is 1.53. The van der Waals surface area contributed by atoms with E-state index in [0.29, 0.717) is 22.3 Å². The van der Waals surface area contributed by atoms with Gasteiger partial charge in [0.15, 0.2) is 5.65 Å². The lowest BCUT2D eigenvalue weighted by molar-refractivity contribution is 0.509. The fourth-order valence-corrected chi connectivity index (χ4v) is 3.94. The third-order valence-electron chi connectivity index (χ3n) is 5.47. The lowest BCUT2D eigenvalue weighted by Crippen LogP contribution is -2.09. The molecule has 5 rings (SSSR count). The molecule has 0 amide bonds. The van der Waals surface area contributed by atoms with Gasteiger partial charge in [-0.2, -0.15) is 10.1 Å². The molecule has 0 saturated carbocycles. The number of nitrogens with two attached hydrogens (primary N) is 1. The van der Waals surface area contributed by atoms with Crippen molar-refractivity contribution in [3.8, 4) is 22.3 Å². The van der Waals surface area contributed by atoms with Crippen molar-refractivity contribution in [2.75, 3.05) is 5.73 Å². The molecule has 0 spiro atoms. The summed E-state index contributed by atoms with van der Waals surface area (Å²) in [5.74, 6) is -0.116. The monoisotopic (exact) mass is 412 g/mol. The van der Waals surface area contributed by atoms with Crippen LogP contribution >= 0.6 is 0 Å². The molecule has 0 radical (unpaired) electrons. The third-order valence-corrected chi connectivity index (χ3v) is 5.47. The zero-order chi connectivity index (χ0) is 21.4. The minimum atomic E-state index is -0.299. The predicted octanol–water partition coefficient (Wildman–Crippen LogP) is 4.98. The minimum absolute atomic E-state index is 0.0991. The summed E-state index contributed by atoms with van der Waals surface area (Å²) in [7, 11) is 0. The summed E-state index contributed by atoms with van der Waals surface area (Å²) in [5.41, 5.74) is 9.85. The number of nitrogen functional groups attached to an aromatic ring is 1. The largest absolute Gasteiger partial charge is 0.366 e. The van der Waals surface area contributed by atoms with Gasteiger partial charge in [-0.1, -0.05) is 55.5 Å². The molecule has 3 aromatic heterocycles. The van der Waals surface area contributed by atoms with Gasteiger partial charge in [0.1, 0.15) is 5.82 Å². The van der Waals surface area contributed by atoms with Crippen LogP contribution in [0.5, 0.6) is 0 Å². The Morgan fingerprint density at radius 3 is 2.55 bits per heavy atom. The van der Waals surface area contributed by atoms with Crippen LogP contribution in [0.2, 0.25) is 0 Å². The molecular weight excluding hydrogens is 391 g/mol. The van der Waals surface area contributed by atoms with E-state index in [1.54, 1.807) is 41.2 Å². The van der Waals surface area contributed by atoms with Crippen molar-refractivity contribution < 1.29 is 4.39 Å². The van der Waals surface area contributed by atoms with Crippen molar-refractivity contribution in [1.29, 1.82) is 0 Å². The maximum Gasteiger partial charge on any atom is 0.240 e. The zero-order valence-electron chi connectivity index (χ0n) is 17.0. The van der Waals surface area contributed by atoms with Crippen molar-refractivity contribution in [2.45, 2.75) is 19.4 Å². The molecule has 154 valence electrons. The number of pyridine rings is 1. The van der Waals surface area contributed by atoms with Gasteiger partial charge in [-0.05, 0) is 29.7 Å². The van der Waals surface area contributed by atoms with Crippen LogP contribution in [0.25, 0.3) is 27.9 Å². The first kappa shape index (κ1) is 19.0. The van der Waals surface area contributed by atoms with Crippen LogP contribution in [0.4, 0.5) is 10.3 Å². The number of aromatic nitrogens is 5. The molecule has 0 unspecified atom stereocenters. The first-order valence-corrected chi connectivity index (χ1v) is 10.1. The number of fused-ring (bicyclic) bond motifs is 1. The Morgan fingerprint density at radius 1 is 1.00 bits per heavy atom. The molecule has 2 N–H and O–H groups in total. The smallest absolute Gasteiger partial charge is 0.240 e. The van der Waals surface area contributed by atoms with Gasteiger partial charge in [-0.15, -0.1) is 5.10 Å². The van der Waals surface area contributed by atoms with Crippen LogP contribution in [0.1, 0.15) is 24.9 Å². The Hall–Kier alpha value is -4.00. The second-order valence-corrected chi connectivity index (χ2v) is 7.40. The van der Waals surface area contributed by atoms with Gasteiger partial charge in [-0.3, -0.25) is 4.68 Å². The number of nitrogens with zero attached hydrogens (tertiary/aromatic N) is 5. The highest BCUT2D eigenvalue weighted by Gasteiger charge is 2.17. The molecule has 7 heteroatoms. The number of rotatable bonds is 5. The average molecular weight is 412 g/mol. The Labute approximate surface area is 178 Å². The molecule has 2 aromatic carbocycles. The van der Waals surface area contributed by atoms with Crippen LogP contribution in [0.15, 0.2) is 79.3 Å². The summed E-state index contributed by atoms with van der Waals surface area (Å²) < 4.78 is 19.0. The van der Waals surface area contributed by atoms with E-state index in [2.05, 4.69) is 34.2 Å². The Bertz CT molecular complexity index is 1360. The van der Waals surface area contributed by atoms with Gasteiger partial charge >= 0.3 is 0 Å². The molecule has 0 fully saturated rings. The van der Waals surface area contributed by atoms with E-state index in [-0.39, 0.29) is 17.8 Å². The van der Waals surface area contributed by atoms with E-state index >= 15 is 4.39 Å². The molecule has 0 aliphatic carbocycles. The van der Waals surface area contributed by atoms with E-state index in [4.69, 9.17) is 5.73 Å². The molecule has 3 heterocycles. The Morgan fingerprint density at radius 2 is 1.77 bits per heavy atom. The topological polar surface area (TPSA) is 74.0 Å². The summed E-state index contributed by atoms with van der Waals surface area (Å²) in [5, 5.41) is 8.61. The van der Waals surface area contributed by atoms with Crippen LogP contribution in [-0.2, 0) is 0 Å². The molecular formula is C24H21FN6. The van der Waals surface area contributed by atoms with E-state index in [1.807, 2.05) is 35.1 Å². The molecule has 0 aliphatic heterocycles. The summed E-state index contributed by atoms with van der Waals surface area (Å²) in [6.45, 7) is 2.12. The van der Waals surface area contributed by atoms with Gasteiger partial charge in [0.25, 0.3) is 0 Å². The van der Waals surface area contributed by atoms with Crippen LogP contribution < -0.4 is 5.73 Å². The molecule has 6 nitrogen and oxygen atoms in total. The maximum absolute atomic E-state index is 15.6. The van der Waals surface area contributed by atoms with Gasteiger partial charge in [0, 0.05) is 29.1 Å². The normalized spacial score (nSPS) is 12.3. The zero-order valence-corrected chi connectivity index (χ0v) is 17.0. The van der Waals surface area contributed by atoms with Crippen molar-refractivity contribution in [1.82, 2.24) is 24.4 Å². The summed E-state index contributed by atoms with van der Waals surface area (Å²) >= 11 is 0. The predicted molar refractivity (Wildman–Crippen MR) is 119 cm³/mol. The molecule has 0 bridgehead atoms. The van der Waals surface area contributed by atoms with Crippen molar-refractivity contribution >= 4 is 11.6 Å². The lowest BCUT2D eigenvalue weighted by Gasteiger charge is -2.16. The Kier molecular flexibility index (Phi) is 4.71. The van der Waals surface area contributed by atoms with Crippen LogP contribution in [0.3, 0.4) is 0 Å². The van der Waals surface area contributed by atoms with E-state index in [1.165, 1.54) is 5.56 Å². The third kappa shape index (κ3) is 3.44. The SMILES string of the molecule is CC[C@H](c1ccccc1)n1cc(-c2cccc(-c3ccn4nc(N)nc4c3)c2F)cn1. The van der Waals surface area contributed by atoms with Gasteiger partial charge < -0.3 is 5.73 Å². The number of hydrogen-bond acceptors (Lipinski definition) is 4. The first-order chi connectivity index (χ1) is 15.1. The number of benzene rings is 2. The van der Waals surface area contributed by atoms with Gasteiger partial charge in [-0.25, -0.2) is 8.91 Å². The fourth-order valence-electron chi connectivity index (χ4n) is 3.94.